The molecule has 0 aliphatic carbocycles. The monoisotopic (exact) mass is 693 g/mol. The molecule has 3 aromatic rings. The molecule has 0 radical (unpaired) electrons. The smallest absolute Gasteiger partial charge is 0.397 e. The number of fused-ring (bicyclic) bond motifs is 2. The molecule has 1 saturated heterocycles. The van der Waals surface area contributed by atoms with E-state index in [1.807, 2.05) is 18.2 Å². The van der Waals surface area contributed by atoms with Crippen molar-refractivity contribution in [3.63, 3.8) is 0 Å². The maximum Gasteiger partial charge on any atom is 0.397 e. The number of nitrogens with zero attached hydrogens (tertiary/aromatic N) is 3. The van der Waals surface area contributed by atoms with E-state index in [0.717, 1.165) is 16.0 Å². The van der Waals surface area contributed by atoms with Gasteiger partial charge in [-0.2, -0.15) is 13.2 Å². The van der Waals surface area contributed by atoms with E-state index < -0.39 is 40.0 Å². The van der Waals surface area contributed by atoms with E-state index in [-0.39, 0.29) is 28.9 Å². The van der Waals surface area contributed by atoms with E-state index >= 15 is 0 Å². The van der Waals surface area contributed by atoms with Gasteiger partial charge in [0.2, 0.25) is 5.91 Å². The fourth-order valence-electron chi connectivity index (χ4n) is 6.79. The lowest BCUT2D eigenvalue weighted by molar-refractivity contribution is -0.161. The van der Waals surface area contributed by atoms with Crippen molar-refractivity contribution in [3.05, 3.63) is 105 Å². The van der Waals surface area contributed by atoms with Gasteiger partial charge in [0.15, 0.2) is 4.75 Å². The summed E-state index contributed by atoms with van der Waals surface area (Å²) in [6.45, 7) is 1.54. The van der Waals surface area contributed by atoms with Crippen molar-refractivity contribution >= 4 is 46.2 Å². The van der Waals surface area contributed by atoms with Gasteiger partial charge in [0.1, 0.15) is 12.2 Å². The Labute approximate surface area is 280 Å². The summed E-state index contributed by atoms with van der Waals surface area (Å²) >= 11 is 11.7. The van der Waals surface area contributed by atoms with Crippen molar-refractivity contribution in [3.8, 4) is 0 Å². The van der Waals surface area contributed by atoms with Crippen molar-refractivity contribution in [2.45, 2.75) is 47.9 Å². The number of hydrogen-bond acceptors (Lipinski definition) is 4. The van der Waals surface area contributed by atoms with Crippen LogP contribution in [-0.2, 0) is 32.0 Å². The maximum absolute atomic E-state index is 14.0. The third-order valence-electron chi connectivity index (χ3n) is 9.44. The maximum atomic E-state index is 14.0. The van der Waals surface area contributed by atoms with Gasteiger partial charge in [-0.05, 0) is 47.4 Å². The topological polar surface area (TPSA) is 66.9 Å². The molecule has 1 spiro atoms. The van der Waals surface area contributed by atoms with Gasteiger partial charge in [-0.25, -0.2) is 0 Å². The molecule has 2 atom stereocenters. The van der Waals surface area contributed by atoms with Crippen LogP contribution < -0.4 is 0 Å². The first kappa shape index (κ1) is 34.6. The Kier molecular flexibility index (Phi) is 10.3. The lowest BCUT2D eigenvalue weighted by Gasteiger charge is -2.47. The highest BCUT2D eigenvalue weighted by Crippen LogP contribution is 2.49. The van der Waals surface area contributed by atoms with Gasteiger partial charge in [-0.15, -0.1) is 0 Å². The van der Waals surface area contributed by atoms with Crippen LogP contribution >= 0.6 is 23.2 Å². The number of amides is 2. The van der Waals surface area contributed by atoms with E-state index in [2.05, 4.69) is 11.0 Å². The van der Waals surface area contributed by atoms with Crippen LogP contribution in [0.15, 0.2) is 72.8 Å². The molecule has 3 aromatic carbocycles. The van der Waals surface area contributed by atoms with Gasteiger partial charge in [0, 0.05) is 69.8 Å². The van der Waals surface area contributed by atoms with Gasteiger partial charge in [0.25, 0.3) is 5.91 Å². The second-order valence-electron chi connectivity index (χ2n) is 12.2. The Morgan fingerprint density at radius 2 is 1.61 bits per heavy atom. The Balaban J connectivity index is 1.48. The molecule has 6 nitrogen and oxygen atoms in total. The Morgan fingerprint density at radius 3 is 2.26 bits per heavy atom. The molecule has 0 N–H and O–H groups in total. The van der Waals surface area contributed by atoms with Crippen LogP contribution in [0.4, 0.5) is 13.2 Å². The van der Waals surface area contributed by atoms with Crippen LogP contribution in [0.5, 0.6) is 0 Å². The first-order valence-electron chi connectivity index (χ1n) is 15.0. The SMILES string of the molecule is CN(CC(CCN1CCC2(CC1)c1ccccc1C[S+]2[O-])(c1ccc(Cl)c(Cl)c1)N(C)C(=O)c1ccccc1)C(=O)CC(F)(F)F. The van der Waals surface area contributed by atoms with E-state index in [1.165, 1.54) is 11.9 Å². The van der Waals surface area contributed by atoms with Crippen molar-refractivity contribution < 1.29 is 27.3 Å². The highest BCUT2D eigenvalue weighted by atomic mass is 35.5. The molecule has 5 rings (SSSR count). The number of halogens is 5. The largest absolute Gasteiger partial charge is 0.615 e. The van der Waals surface area contributed by atoms with Gasteiger partial charge in [-0.1, -0.05) is 71.7 Å². The summed E-state index contributed by atoms with van der Waals surface area (Å²) in [5, 5.41) is 0.500. The zero-order valence-electron chi connectivity index (χ0n) is 25.7. The number of alkyl halides is 3. The molecular weight excluding hydrogens is 658 g/mol. The average Bonchev–Trinajstić information content (AvgIpc) is 3.30. The van der Waals surface area contributed by atoms with E-state index in [4.69, 9.17) is 23.2 Å². The number of likely N-dealkylation sites (tertiary alicyclic amines) is 1. The lowest BCUT2D eigenvalue weighted by atomic mass is 9.82. The highest BCUT2D eigenvalue weighted by molar-refractivity contribution is 7.92. The average molecular weight is 695 g/mol. The summed E-state index contributed by atoms with van der Waals surface area (Å²) in [5.41, 5.74) is 1.92. The fourth-order valence-corrected chi connectivity index (χ4v) is 8.98. The number of piperidine rings is 1. The molecule has 2 aliphatic heterocycles. The van der Waals surface area contributed by atoms with Crippen LogP contribution in [0, 0.1) is 0 Å². The van der Waals surface area contributed by atoms with Crippen molar-refractivity contribution in [1.29, 1.82) is 0 Å². The first-order chi connectivity index (χ1) is 21.8. The van der Waals surface area contributed by atoms with Crippen LogP contribution in [-0.4, -0.2) is 77.5 Å². The lowest BCUT2D eigenvalue weighted by Crippen LogP contribution is -2.56. The zero-order chi connectivity index (χ0) is 33.3. The Morgan fingerprint density at radius 1 is 0.957 bits per heavy atom. The summed E-state index contributed by atoms with van der Waals surface area (Å²) in [6, 6.07) is 21.5. The molecule has 0 aromatic heterocycles. The molecule has 12 heteroatoms. The second kappa shape index (κ2) is 13.8. The summed E-state index contributed by atoms with van der Waals surface area (Å²) in [6.07, 6.45) is -4.65. The van der Waals surface area contributed by atoms with Gasteiger partial charge in [-0.3, -0.25) is 9.59 Å². The molecule has 0 saturated carbocycles. The van der Waals surface area contributed by atoms with Crippen molar-refractivity contribution in [2.75, 3.05) is 40.3 Å². The highest BCUT2D eigenvalue weighted by Gasteiger charge is 2.52. The third kappa shape index (κ3) is 7.06. The molecule has 1 fully saturated rings. The summed E-state index contributed by atoms with van der Waals surface area (Å²) in [7, 11) is 2.92. The number of carbonyl (C=O) groups is 2. The summed E-state index contributed by atoms with van der Waals surface area (Å²) in [4.78, 5) is 31.6. The molecular formula is C34H36Cl2F3N3O3S. The number of hydrogen-bond donors (Lipinski definition) is 0. The first-order valence-corrected chi connectivity index (χ1v) is 17.1. The van der Waals surface area contributed by atoms with Crippen LogP contribution in [0.25, 0.3) is 0 Å². The minimum atomic E-state index is -4.69. The van der Waals surface area contributed by atoms with Crippen molar-refractivity contribution in [1.82, 2.24) is 14.7 Å². The Hall–Kier alpha value is -2.76. The van der Waals surface area contributed by atoms with Crippen molar-refractivity contribution in [2.24, 2.45) is 0 Å². The van der Waals surface area contributed by atoms with Crippen LogP contribution in [0.3, 0.4) is 0 Å². The predicted octanol–water partition coefficient (Wildman–Crippen LogP) is 7.02. The normalized spacial score (nSPS) is 19.0. The number of carbonyl (C=O) groups excluding carboxylic acids is 2. The van der Waals surface area contributed by atoms with Gasteiger partial charge >= 0.3 is 6.18 Å². The minimum Gasteiger partial charge on any atom is -0.615 e. The summed E-state index contributed by atoms with van der Waals surface area (Å²) < 4.78 is 52.8. The molecule has 2 heterocycles. The zero-order valence-corrected chi connectivity index (χ0v) is 28.0. The fraction of sp³-hybridized carbons (Fsp3) is 0.412. The summed E-state index contributed by atoms with van der Waals surface area (Å²) in [5.74, 6) is -0.930. The van der Waals surface area contributed by atoms with Gasteiger partial charge in [0.05, 0.1) is 15.6 Å². The predicted molar refractivity (Wildman–Crippen MR) is 175 cm³/mol. The molecule has 2 unspecified atom stereocenters. The number of benzene rings is 3. The Bertz CT molecular complexity index is 1570. The van der Waals surface area contributed by atoms with Crippen LogP contribution in [0.2, 0.25) is 10.0 Å². The molecule has 0 bridgehead atoms. The van der Waals surface area contributed by atoms with E-state index in [9.17, 15) is 27.3 Å². The number of rotatable bonds is 9. The molecule has 46 heavy (non-hydrogen) atoms. The molecule has 2 amide bonds. The minimum absolute atomic E-state index is 0.218. The third-order valence-corrected chi connectivity index (χ3v) is 12.2. The second-order valence-corrected chi connectivity index (χ2v) is 14.7. The molecule has 246 valence electrons. The van der Waals surface area contributed by atoms with Crippen LogP contribution in [0.1, 0.15) is 52.7 Å². The van der Waals surface area contributed by atoms with E-state index in [0.29, 0.717) is 49.4 Å². The molecule has 2 aliphatic rings. The quantitative estimate of drug-likeness (QED) is 0.226. The standard InChI is InChI=1S/C34H36Cl2F3N3O3S/c1-40(30(43)21-34(37,38)39)23-32(26-12-13-28(35)29(36)20-26,41(2)31(44)24-8-4-3-5-9-24)14-17-42-18-15-33(16-19-42)27-11-7-6-10-25(27)22-46(33)45/h3-13,20H,14-19,21-23H2,1-2H3. The van der Waals surface area contributed by atoms with E-state index in [1.54, 1.807) is 55.6 Å². The number of likely N-dealkylation sites (N-methyl/N-ethyl adjacent to an activating group) is 2. The van der Waals surface area contributed by atoms with Gasteiger partial charge < -0.3 is 19.3 Å².